The van der Waals surface area contributed by atoms with Crippen LogP contribution in [0.1, 0.15) is 16.7 Å². The number of hydrogen-bond acceptors (Lipinski definition) is 4. The summed E-state index contributed by atoms with van der Waals surface area (Å²) in [5.41, 5.74) is 2.59. The molecular weight excluding hydrogens is 456 g/mol. The number of pyridine rings is 1. The van der Waals surface area contributed by atoms with E-state index in [0.29, 0.717) is 16.7 Å². The predicted molar refractivity (Wildman–Crippen MR) is 133 cm³/mol. The molecule has 0 unspecified atom stereocenters. The van der Waals surface area contributed by atoms with Gasteiger partial charge >= 0.3 is 0 Å². The standard InChI is InChI=1S/C29H19F2N5/c30-23-16-25-26(27-32-18-24(31)19-33-27)35-36(28(25)34-17-23)29(20-10-4-1-5-11-20,21-12-6-2-7-13-21)22-14-8-3-9-15-22/h1-19H. The van der Waals surface area contributed by atoms with E-state index in [1.807, 2.05) is 91.0 Å². The fourth-order valence-electron chi connectivity index (χ4n) is 4.71. The van der Waals surface area contributed by atoms with Crippen LogP contribution in [0.25, 0.3) is 22.6 Å². The molecule has 0 saturated carbocycles. The summed E-state index contributed by atoms with van der Waals surface area (Å²) in [6.07, 6.45) is 3.30. The number of nitrogens with zero attached hydrogens (tertiary/aromatic N) is 5. The molecule has 0 spiro atoms. The van der Waals surface area contributed by atoms with Crippen molar-refractivity contribution in [2.75, 3.05) is 0 Å². The van der Waals surface area contributed by atoms with Crippen molar-refractivity contribution < 1.29 is 8.78 Å². The minimum Gasteiger partial charge on any atom is -0.234 e. The number of benzene rings is 3. The largest absolute Gasteiger partial charge is 0.234 e. The van der Waals surface area contributed by atoms with E-state index in [1.165, 1.54) is 12.3 Å². The second-order valence-corrected chi connectivity index (χ2v) is 8.32. The van der Waals surface area contributed by atoms with Crippen molar-refractivity contribution in [2.24, 2.45) is 0 Å². The lowest BCUT2D eigenvalue weighted by Crippen LogP contribution is -2.38. The summed E-state index contributed by atoms with van der Waals surface area (Å²) < 4.78 is 29.9. The number of hydrogen-bond donors (Lipinski definition) is 0. The van der Waals surface area contributed by atoms with Gasteiger partial charge < -0.3 is 0 Å². The van der Waals surface area contributed by atoms with E-state index in [0.717, 1.165) is 29.1 Å². The summed E-state index contributed by atoms with van der Waals surface area (Å²) in [5.74, 6) is -0.912. The van der Waals surface area contributed by atoms with E-state index < -0.39 is 17.2 Å². The molecule has 3 aromatic heterocycles. The Balaban J connectivity index is 1.79. The fraction of sp³-hybridized carbons (Fsp3) is 0.0345. The lowest BCUT2D eigenvalue weighted by Gasteiger charge is -2.36. The highest BCUT2D eigenvalue weighted by Gasteiger charge is 2.41. The molecule has 174 valence electrons. The molecule has 0 aliphatic heterocycles. The summed E-state index contributed by atoms with van der Waals surface area (Å²) in [6, 6.07) is 31.2. The van der Waals surface area contributed by atoms with Crippen LogP contribution in [-0.2, 0) is 5.54 Å². The quantitative estimate of drug-likeness (QED) is 0.287. The van der Waals surface area contributed by atoms with Gasteiger partial charge in [0.25, 0.3) is 0 Å². The molecule has 3 heterocycles. The van der Waals surface area contributed by atoms with E-state index in [2.05, 4.69) is 15.0 Å². The zero-order valence-electron chi connectivity index (χ0n) is 19.0. The van der Waals surface area contributed by atoms with E-state index >= 15 is 0 Å². The van der Waals surface area contributed by atoms with Crippen molar-refractivity contribution in [3.63, 3.8) is 0 Å². The van der Waals surface area contributed by atoms with E-state index in [1.54, 1.807) is 4.68 Å². The van der Waals surface area contributed by atoms with Gasteiger partial charge in [0.2, 0.25) is 0 Å². The number of fused-ring (bicyclic) bond motifs is 1. The lowest BCUT2D eigenvalue weighted by molar-refractivity contribution is 0.473. The van der Waals surface area contributed by atoms with Gasteiger partial charge in [-0.15, -0.1) is 0 Å². The molecule has 0 aliphatic carbocycles. The molecule has 5 nitrogen and oxygen atoms in total. The topological polar surface area (TPSA) is 56.5 Å². The van der Waals surface area contributed by atoms with Crippen molar-refractivity contribution in [2.45, 2.75) is 5.54 Å². The van der Waals surface area contributed by atoms with Gasteiger partial charge in [0, 0.05) is 0 Å². The first-order chi connectivity index (χ1) is 17.7. The predicted octanol–water partition coefficient (Wildman–Crippen LogP) is 6.01. The second-order valence-electron chi connectivity index (χ2n) is 8.32. The van der Waals surface area contributed by atoms with Gasteiger partial charge in [0.05, 0.1) is 24.0 Å². The highest BCUT2D eigenvalue weighted by Crippen LogP contribution is 2.43. The smallest absolute Gasteiger partial charge is 0.180 e. The number of aromatic nitrogens is 5. The maximum Gasteiger partial charge on any atom is 0.180 e. The zero-order valence-corrected chi connectivity index (χ0v) is 19.0. The maximum absolute atomic E-state index is 14.5. The summed E-state index contributed by atoms with van der Waals surface area (Å²) in [5, 5.41) is 5.40. The van der Waals surface area contributed by atoms with Crippen LogP contribution in [0.4, 0.5) is 8.78 Å². The highest BCUT2D eigenvalue weighted by molar-refractivity contribution is 5.90. The number of halogens is 2. The monoisotopic (exact) mass is 475 g/mol. The summed E-state index contributed by atoms with van der Waals surface area (Å²) in [4.78, 5) is 12.7. The average molecular weight is 476 g/mol. The molecule has 0 bridgehead atoms. The van der Waals surface area contributed by atoms with Crippen LogP contribution in [-0.4, -0.2) is 24.7 Å². The van der Waals surface area contributed by atoms with Crippen molar-refractivity contribution in [1.29, 1.82) is 0 Å². The second kappa shape index (κ2) is 8.78. The van der Waals surface area contributed by atoms with Gasteiger partial charge in [-0.1, -0.05) is 91.0 Å². The summed E-state index contributed by atoms with van der Waals surface area (Å²) in [6.45, 7) is 0. The van der Waals surface area contributed by atoms with Gasteiger partial charge in [-0.25, -0.2) is 28.4 Å². The number of rotatable bonds is 5. The van der Waals surface area contributed by atoms with Crippen LogP contribution < -0.4 is 0 Å². The molecule has 6 rings (SSSR count). The van der Waals surface area contributed by atoms with Crippen LogP contribution in [0, 0.1) is 11.6 Å². The third kappa shape index (κ3) is 3.44. The van der Waals surface area contributed by atoms with Crippen molar-refractivity contribution in [3.05, 3.63) is 144 Å². The Morgan fingerprint density at radius 1 is 0.583 bits per heavy atom. The van der Waals surface area contributed by atoms with Crippen LogP contribution in [0.3, 0.4) is 0 Å². The Bertz CT molecular complexity index is 1540. The molecule has 0 saturated heterocycles. The first-order valence-corrected chi connectivity index (χ1v) is 11.4. The zero-order chi connectivity index (χ0) is 24.5. The molecular formula is C29H19F2N5. The van der Waals surface area contributed by atoms with Crippen LogP contribution >= 0.6 is 0 Å². The minimum atomic E-state index is -0.967. The normalized spacial score (nSPS) is 11.6. The van der Waals surface area contributed by atoms with E-state index in [-0.39, 0.29) is 5.82 Å². The molecule has 0 radical (unpaired) electrons. The Kier molecular flexibility index (Phi) is 5.30. The van der Waals surface area contributed by atoms with Crippen molar-refractivity contribution in [3.8, 4) is 11.5 Å². The minimum absolute atomic E-state index is 0.177. The van der Waals surface area contributed by atoms with Gasteiger partial charge in [-0.05, 0) is 22.8 Å². The van der Waals surface area contributed by atoms with E-state index in [9.17, 15) is 8.78 Å². The summed E-state index contributed by atoms with van der Waals surface area (Å²) >= 11 is 0. The molecule has 36 heavy (non-hydrogen) atoms. The first-order valence-electron chi connectivity index (χ1n) is 11.4. The van der Waals surface area contributed by atoms with Gasteiger partial charge in [-0.2, -0.15) is 5.10 Å². The molecule has 0 fully saturated rings. The molecule has 7 heteroatoms. The van der Waals surface area contributed by atoms with E-state index in [4.69, 9.17) is 5.10 Å². The molecule has 0 aliphatic rings. The lowest BCUT2D eigenvalue weighted by atomic mass is 9.77. The Labute approximate surface area is 205 Å². The Morgan fingerprint density at radius 2 is 1.06 bits per heavy atom. The van der Waals surface area contributed by atoms with Crippen LogP contribution in [0.15, 0.2) is 116 Å². The van der Waals surface area contributed by atoms with Crippen LogP contribution in [0.5, 0.6) is 0 Å². The maximum atomic E-state index is 14.5. The van der Waals surface area contributed by atoms with Gasteiger partial charge in [0.15, 0.2) is 17.3 Å². The molecule has 3 aromatic carbocycles. The Hall–Kier alpha value is -4.78. The molecule has 0 atom stereocenters. The van der Waals surface area contributed by atoms with Gasteiger partial charge in [-0.3, -0.25) is 0 Å². The highest BCUT2D eigenvalue weighted by atomic mass is 19.1. The van der Waals surface area contributed by atoms with Crippen molar-refractivity contribution >= 4 is 11.0 Å². The molecule has 0 amide bonds. The molecule has 0 N–H and O–H groups in total. The third-order valence-electron chi connectivity index (χ3n) is 6.21. The van der Waals surface area contributed by atoms with Crippen LogP contribution in [0.2, 0.25) is 0 Å². The Morgan fingerprint density at radius 3 is 1.56 bits per heavy atom. The molecule has 6 aromatic rings. The first kappa shape index (κ1) is 21.7. The van der Waals surface area contributed by atoms with Crippen molar-refractivity contribution in [1.82, 2.24) is 24.7 Å². The average Bonchev–Trinajstić information content (AvgIpc) is 3.30. The fourth-order valence-corrected chi connectivity index (χ4v) is 4.71. The van der Waals surface area contributed by atoms with Gasteiger partial charge in [0.1, 0.15) is 17.1 Å². The third-order valence-corrected chi connectivity index (χ3v) is 6.21. The summed E-state index contributed by atoms with van der Waals surface area (Å²) in [7, 11) is 0. The SMILES string of the molecule is Fc1cnc(-c2nn(C(c3ccccc3)(c3ccccc3)c3ccccc3)c3ncc(F)cc23)nc1.